The van der Waals surface area contributed by atoms with Gasteiger partial charge in [-0.25, -0.2) is 13.1 Å². The maximum Gasteiger partial charge on any atom is 0.240 e. The van der Waals surface area contributed by atoms with Gasteiger partial charge in [-0.3, -0.25) is 0 Å². The zero-order chi connectivity index (χ0) is 17.6. The minimum Gasteiger partial charge on any atom is -0.491 e. The first-order valence-corrected chi connectivity index (χ1v) is 9.18. The van der Waals surface area contributed by atoms with Gasteiger partial charge in [-0.15, -0.1) is 0 Å². The van der Waals surface area contributed by atoms with E-state index in [2.05, 4.69) is 4.72 Å². The molecule has 1 aromatic carbocycles. The van der Waals surface area contributed by atoms with Crippen LogP contribution in [0.25, 0.3) is 0 Å². The molecule has 1 N–H and O–H groups in total. The maximum atomic E-state index is 12.5. The lowest BCUT2D eigenvalue weighted by Gasteiger charge is -2.15. The normalized spacial score (nSPS) is 13.0. The number of nitrogens with one attached hydrogen (secondary N) is 1. The Hall–Kier alpha value is -1.83. The van der Waals surface area contributed by atoms with E-state index in [0.29, 0.717) is 25.4 Å². The number of rotatable bonds is 9. The van der Waals surface area contributed by atoms with Crippen LogP contribution >= 0.6 is 0 Å². The van der Waals surface area contributed by atoms with Crippen LogP contribution in [0.2, 0.25) is 0 Å². The van der Waals surface area contributed by atoms with Crippen LogP contribution in [0.5, 0.6) is 5.75 Å². The standard InChI is InChI=1S/C17H23NO5S/c1-13-11-16(6-7-17(13)23-10-9-21-3)24(19,20)18-14(2)12-15-5-4-8-22-15/h4-8,11,14,18H,9-10,12H2,1-3H3. The summed E-state index contributed by atoms with van der Waals surface area (Å²) in [6.45, 7) is 4.51. The van der Waals surface area contributed by atoms with Crippen LogP contribution in [-0.4, -0.2) is 34.8 Å². The zero-order valence-electron chi connectivity index (χ0n) is 14.1. The molecule has 1 atom stereocenters. The third-order valence-corrected chi connectivity index (χ3v) is 5.03. The van der Waals surface area contributed by atoms with E-state index in [1.165, 1.54) is 6.07 Å². The molecule has 0 aliphatic rings. The molecule has 0 amide bonds. The second-order valence-electron chi connectivity index (χ2n) is 5.57. The van der Waals surface area contributed by atoms with Gasteiger partial charge in [0.25, 0.3) is 0 Å². The summed E-state index contributed by atoms with van der Waals surface area (Å²) in [5.41, 5.74) is 0.757. The second kappa shape index (κ2) is 8.32. The van der Waals surface area contributed by atoms with Gasteiger partial charge in [0.15, 0.2) is 0 Å². The number of ether oxygens (including phenoxy) is 2. The van der Waals surface area contributed by atoms with Crippen LogP contribution in [-0.2, 0) is 21.2 Å². The van der Waals surface area contributed by atoms with Crippen molar-refractivity contribution < 1.29 is 22.3 Å². The van der Waals surface area contributed by atoms with E-state index in [0.717, 1.165) is 11.3 Å². The van der Waals surface area contributed by atoms with Crippen molar-refractivity contribution in [2.45, 2.75) is 31.2 Å². The number of hydrogen-bond acceptors (Lipinski definition) is 5. The summed E-state index contributed by atoms with van der Waals surface area (Å²) < 4.78 is 43.4. The predicted octanol–water partition coefficient (Wildman–Crippen LogP) is 2.52. The topological polar surface area (TPSA) is 77.8 Å². The van der Waals surface area contributed by atoms with E-state index >= 15 is 0 Å². The summed E-state index contributed by atoms with van der Waals surface area (Å²) in [5.74, 6) is 1.39. The summed E-state index contributed by atoms with van der Waals surface area (Å²) in [4.78, 5) is 0.213. The third-order valence-electron chi connectivity index (χ3n) is 3.45. The number of furan rings is 1. The lowest BCUT2D eigenvalue weighted by Crippen LogP contribution is -2.34. The highest BCUT2D eigenvalue weighted by atomic mass is 32.2. The molecule has 2 rings (SSSR count). The Bertz CT molecular complexity index is 740. The van der Waals surface area contributed by atoms with Crippen LogP contribution in [0, 0.1) is 6.92 Å². The van der Waals surface area contributed by atoms with Gasteiger partial charge in [-0.2, -0.15) is 0 Å². The lowest BCUT2D eigenvalue weighted by molar-refractivity contribution is 0.146. The fourth-order valence-electron chi connectivity index (χ4n) is 2.29. The van der Waals surface area contributed by atoms with E-state index in [9.17, 15) is 8.42 Å². The molecule has 0 aliphatic carbocycles. The molecule has 1 aromatic heterocycles. The minimum absolute atomic E-state index is 0.213. The van der Waals surface area contributed by atoms with E-state index in [1.54, 1.807) is 38.5 Å². The molecule has 0 saturated carbocycles. The molecule has 7 heteroatoms. The van der Waals surface area contributed by atoms with Crippen molar-refractivity contribution in [3.8, 4) is 5.75 Å². The smallest absolute Gasteiger partial charge is 0.240 e. The van der Waals surface area contributed by atoms with E-state index in [-0.39, 0.29) is 10.9 Å². The monoisotopic (exact) mass is 353 g/mol. The Labute approximate surface area is 142 Å². The van der Waals surface area contributed by atoms with Crippen LogP contribution < -0.4 is 9.46 Å². The molecule has 0 aliphatic heterocycles. The molecular weight excluding hydrogens is 330 g/mol. The van der Waals surface area contributed by atoms with Gasteiger partial charge in [-0.05, 0) is 49.7 Å². The molecule has 6 nitrogen and oxygen atoms in total. The average molecular weight is 353 g/mol. The van der Waals surface area contributed by atoms with Gasteiger partial charge in [0, 0.05) is 19.6 Å². The van der Waals surface area contributed by atoms with Gasteiger partial charge in [0.05, 0.1) is 17.8 Å². The molecule has 0 fully saturated rings. The number of methoxy groups -OCH3 is 1. The predicted molar refractivity (Wildman–Crippen MR) is 90.7 cm³/mol. The molecule has 1 heterocycles. The van der Waals surface area contributed by atoms with Crippen molar-refractivity contribution in [1.29, 1.82) is 0 Å². The van der Waals surface area contributed by atoms with Crippen molar-refractivity contribution in [3.63, 3.8) is 0 Å². The first-order chi connectivity index (χ1) is 11.4. The molecule has 0 bridgehead atoms. The molecular formula is C17H23NO5S. The molecule has 132 valence electrons. The Kier molecular flexibility index (Phi) is 6.42. The van der Waals surface area contributed by atoms with Gasteiger partial charge < -0.3 is 13.9 Å². The number of benzene rings is 1. The first kappa shape index (κ1) is 18.5. The van der Waals surface area contributed by atoms with Gasteiger partial charge in [0.2, 0.25) is 10.0 Å². The van der Waals surface area contributed by atoms with Crippen molar-refractivity contribution in [1.82, 2.24) is 4.72 Å². The summed E-state index contributed by atoms with van der Waals surface area (Å²) in [6.07, 6.45) is 2.06. The molecule has 1 unspecified atom stereocenters. The quantitative estimate of drug-likeness (QED) is 0.701. The Balaban J connectivity index is 2.04. The van der Waals surface area contributed by atoms with E-state index < -0.39 is 10.0 Å². The molecule has 2 aromatic rings. The van der Waals surface area contributed by atoms with Crippen LogP contribution in [0.4, 0.5) is 0 Å². The minimum atomic E-state index is -3.60. The van der Waals surface area contributed by atoms with Crippen molar-refractivity contribution in [2.24, 2.45) is 0 Å². The number of sulfonamides is 1. The summed E-state index contributed by atoms with van der Waals surface area (Å²) in [6, 6.07) is 8.13. The highest BCUT2D eigenvalue weighted by Gasteiger charge is 2.19. The maximum absolute atomic E-state index is 12.5. The number of aryl methyl sites for hydroxylation is 1. The molecule has 0 radical (unpaired) electrons. The molecule has 0 spiro atoms. The van der Waals surface area contributed by atoms with Gasteiger partial charge in [-0.1, -0.05) is 0 Å². The third kappa shape index (κ3) is 5.09. The fourth-order valence-corrected chi connectivity index (χ4v) is 3.62. The summed E-state index contributed by atoms with van der Waals surface area (Å²) in [5, 5.41) is 0. The highest BCUT2D eigenvalue weighted by molar-refractivity contribution is 7.89. The first-order valence-electron chi connectivity index (χ1n) is 7.69. The van der Waals surface area contributed by atoms with Crippen molar-refractivity contribution in [2.75, 3.05) is 20.3 Å². The van der Waals surface area contributed by atoms with Crippen LogP contribution in [0.1, 0.15) is 18.2 Å². The second-order valence-corrected chi connectivity index (χ2v) is 7.29. The Morgan fingerprint density at radius 3 is 2.67 bits per heavy atom. The zero-order valence-corrected chi connectivity index (χ0v) is 14.9. The Morgan fingerprint density at radius 1 is 1.25 bits per heavy atom. The fraction of sp³-hybridized carbons (Fsp3) is 0.412. The van der Waals surface area contributed by atoms with Crippen molar-refractivity contribution in [3.05, 3.63) is 47.9 Å². The Morgan fingerprint density at radius 2 is 2.04 bits per heavy atom. The largest absolute Gasteiger partial charge is 0.491 e. The van der Waals surface area contributed by atoms with E-state index in [1.807, 2.05) is 13.0 Å². The van der Waals surface area contributed by atoms with Crippen LogP contribution in [0.3, 0.4) is 0 Å². The van der Waals surface area contributed by atoms with Crippen molar-refractivity contribution >= 4 is 10.0 Å². The summed E-state index contributed by atoms with van der Waals surface area (Å²) >= 11 is 0. The SMILES string of the molecule is COCCOc1ccc(S(=O)(=O)NC(C)Cc2ccco2)cc1C. The van der Waals surface area contributed by atoms with Gasteiger partial charge in [0.1, 0.15) is 18.1 Å². The van der Waals surface area contributed by atoms with Gasteiger partial charge >= 0.3 is 0 Å². The summed E-state index contributed by atoms with van der Waals surface area (Å²) in [7, 11) is -2.00. The lowest BCUT2D eigenvalue weighted by atomic mass is 10.2. The highest BCUT2D eigenvalue weighted by Crippen LogP contribution is 2.22. The average Bonchev–Trinajstić information content (AvgIpc) is 3.01. The molecule has 24 heavy (non-hydrogen) atoms. The van der Waals surface area contributed by atoms with E-state index in [4.69, 9.17) is 13.9 Å². The van der Waals surface area contributed by atoms with Crippen LogP contribution in [0.15, 0.2) is 45.9 Å². The number of hydrogen-bond donors (Lipinski definition) is 1. The molecule has 0 saturated heterocycles.